The second-order valence-electron chi connectivity index (χ2n) is 6.53. The maximum atomic E-state index is 12.0. The van der Waals surface area contributed by atoms with Crippen LogP contribution in [0.4, 0.5) is 5.69 Å². The molecule has 138 valence electrons. The molecular weight excluding hydrogens is 366 g/mol. The molecule has 1 aromatic heterocycles. The average Bonchev–Trinajstić information content (AvgIpc) is 3.00. The van der Waals surface area contributed by atoms with Gasteiger partial charge in [0.15, 0.2) is 14.9 Å². The first-order valence-corrected chi connectivity index (χ1v) is 11.0. The summed E-state index contributed by atoms with van der Waals surface area (Å²) in [6.45, 7) is 2.64. The van der Waals surface area contributed by atoms with Crippen LogP contribution in [-0.2, 0) is 22.8 Å². The summed E-state index contributed by atoms with van der Waals surface area (Å²) in [4.78, 5) is 6.13. The quantitative estimate of drug-likeness (QED) is 0.793. The number of nitrogens with zero attached hydrogens (tertiary/aromatic N) is 2. The van der Waals surface area contributed by atoms with Crippen molar-refractivity contribution in [2.45, 2.75) is 32.4 Å². The lowest BCUT2D eigenvalue weighted by Crippen LogP contribution is -2.43. The number of rotatable bonds is 5. The molecule has 1 aromatic carbocycles. The minimum atomic E-state index is -2.99. The molecule has 0 radical (unpaired) electrons. The number of thiocarbonyl (C=S) groups is 1. The molecule has 7 heteroatoms. The number of benzene rings is 1. The van der Waals surface area contributed by atoms with Crippen molar-refractivity contribution in [3.8, 4) is 0 Å². The number of aryl methyl sites for hydroxylation is 1. The van der Waals surface area contributed by atoms with E-state index in [-0.39, 0.29) is 17.5 Å². The van der Waals surface area contributed by atoms with E-state index in [4.69, 9.17) is 12.2 Å². The van der Waals surface area contributed by atoms with Gasteiger partial charge < -0.3 is 10.2 Å². The molecule has 2 aromatic rings. The SMILES string of the molecule is CCc1cccc(NC(=S)N(Cc2cccnc2)[C@@H]2CCS(=O)(=O)C2)c1. The molecule has 0 bridgehead atoms. The fourth-order valence-electron chi connectivity index (χ4n) is 3.14. The molecule has 1 N–H and O–H groups in total. The number of hydrogen-bond donors (Lipinski definition) is 1. The highest BCUT2D eigenvalue weighted by molar-refractivity contribution is 7.91. The average molecular weight is 390 g/mol. The van der Waals surface area contributed by atoms with Gasteiger partial charge in [-0.3, -0.25) is 4.98 Å². The fraction of sp³-hybridized carbons (Fsp3) is 0.368. The smallest absolute Gasteiger partial charge is 0.174 e. The van der Waals surface area contributed by atoms with E-state index in [2.05, 4.69) is 29.4 Å². The Morgan fingerprint density at radius 2 is 2.12 bits per heavy atom. The minimum absolute atomic E-state index is 0.116. The lowest BCUT2D eigenvalue weighted by molar-refractivity contribution is 0.332. The van der Waals surface area contributed by atoms with Gasteiger partial charge in [0.2, 0.25) is 0 Å². The molecule has 0 aliphatic carbocycles. The van der Waals surface area contributed by atoms with Gasteiger partial charge in [-0.25, -0.2) is 8.42 Å². The third-order valence-electron chi connectivity index (χ3n) is 4.57. The molecule has 1 aliphatic heterocycles. The minimum Gasteiger partial charge on any atom is -0.341 e. The maximum absolute atomic E-state index is 12.0. The highest BCUT2D eigenvalue weighted by Gasteiger charge is 2.33. The number of aromatic nitrogens is 1. The summed E-state index contributed by atoms with van der Waals surface area (Å²) in [5.74, 6) is 0.360. The van der Waals surface area contributed by atoms with E-state index in [0.29, 0.717) is 18.1 Å². The lowest BCUT2D eigenvalue weighted by atomic mass is 10.1. The molecule has 0 saturated carbocycles. The van der Waals surface area contributed by atoms with Gasteiger partial charge in [0.05, 0.1) is 11.5 Å². The predicted molar refractivity (Wildman–Crippen MR) is 109 cm³/mol. The normalized spacial score (nSPS) is 18.4. The monoisotopic (exact) mass is 389 g/mol. The summed E-state index contributed by atoms with van der Waals surface area (Å²) >= 11 is 5.65. The van der Waals surface area contributed by atoms with Gasteiger partial charge in [-0.1, -0.05) is 25.1 Å². The van der Waals surface area contributed by atoms with Gasteiger partial charge >= 0.3 is 0 Å². The second-order valence-corrected chi connectivity index (χ2v) is 9.15. The zero-order valence-corrected chi connectivity index (χ0v) is 16.4. The highest BCUT2D eigenvalue weighted by Crippen LogP contribution is 2.22. The van der Waals surface area contributed by atoms with Crippen molar-refractivity contribution in [2.75, 3.05) is 16.8 Å². The lowest BCUT2D eigenvalue weighted by Gasteiger charge is -2.31. The van der Waals surface area contributed by atoms with E-state index in [0.717, 1.165) is 17.7 Å². The van der Waals surface area contributed by atoms with Crippen molar-refractivity contribution in [1.82, 2.24) is 9.88 Å². The van der Waals surface area contributed by atoms with E-state index in [1.54, 1.807) is 12.4 Å². The van der Waals surface area contributed by atoms with Crippen LogP contribution in [0.1, 0.15) is 24.5 Å². The standard InChI is InChI=1S/C19H23N3O2S2/c1-2-15-5-3-7-17(11-15)21-19(25)22(13-16-6-4-9-20-12-16)18-8-10-26(23,24)14-18/h3-7,9,11-12,18H,2,8,10,13-14H2,1H3,(H,21,25)/t18-/m1/s1. The first-order chi connectivity index (χ1) is 12.5. The summed E-state index contributed by atoms with van der Waals surface area (Å²) in [5, 5.41) is 3.83. The largest absolute Gasteiger partial charge is 0.341 e. The van der Waals surface area contributed by atoms with Crippen LogP contribution in [0.3, 0.4) is 0 Å². The van der Waals surface area contributed by atoms with Crippen LogP contribution < -0.4 is 5.32 Å². The topological polar surface area (TPSA) is 62.3 Å². The van der Waals surface area contributed by atoms with Gasteiger partial charge in [-0.2, -0.15) is 0 Å². The number of sulfone groups is 1. The van der Waals surface area contributed by atoms with E-state index in [9.17, 15) is 8.42 Å². The third-order valence-corrected chi connectivity index (χ3v) is 6.66. The van der Waals surface area contributed by atoms with Crippen LogP contribution in [-0.4, -0.2) is 41.0 Å². The van der Waals surface area contributed by atoms with Crippen molar-refractivity contribution < 1.29 is 8.42 Å². The molecule has 1 aliphatic rings. The van der Waals surface area contributed by atoms with Crippen molar-refractivity contribution >= 4 is 32.9 Å². The van der Waals surface area contributed by atoms with E-state index in [1.807, 2.05) is 29.2 Å². The van der Waals surface area contributed by atoms with Crippen LogP contribution in [0.15, 0.2) is 48.8 Å². The van der Waals surface area contributed by atoms with Crippen molar-refractivity contribution in [3.63, 3.8) is 0 Å². The molecule has 0 spiro atoms. The molecular formula is C19H23N3O2S2. The Balaban J connectivity index is 1.80. The van der Waals surface area contributed by atoms with E-state index >= 15 is 0 Å². The summed E-state index contributed by atoms with van der Waals surface area (Å²) in [6.07, 6.45) is 5.05. The first kappa shape index (κ1) is 18.8. The predicted octanol–water partition coefficient (Wildman–Crippen LogP) is 3.03. The maximum Gasteiger partial charge on any atom is 0.174 e. The van der Waals surface area contributed by atoms with Crippen molar-refractivity contribution in [3.05, 3.63) is 59.9 Å². The molecule has 2 heterocycles. The van der Waals surface area contributed by atoms with Gasteiger partial charge in [0, 0.05) is 30.7 Å². The van der Waals surface area contributed by atoms with Gasteiger partial charge in [-0.15, -0.1) is 0 Å². The molecule has 26 heavy (non-hydrogen) atoms. The Hall–Kier alpha value is -1.99. The van der Waals surface area contributed by atoms with E-state index in [1.165, 1.54) is 5.56 Å². The Morgan fingerprint density at radius 3 is 2.77 bits per heavy atom. The molecule has 5 nitrogen and oxygen atoms in total. The van der Waals surface area contributed by atoms with E-state index < -0.39 is 9.84 Å². The molecule has 1 atom stereocenters. The number of pyridine rings is 1. The van der Waals surface area contributed by atoms with Crippen LogP contribution in [0, 0.1) is 0 Å². The Labute approximate surface area is 160 Å². The van der Waals surface area contributed by atoms with Gasteiger partial charge in [0.25, 0.3) is 0 Å². The van der Waals surface area contributed by atoms with Crippen LogP contribution >= 0.6 is 12.2 Å². The Morgan fingerprint density at radius 1 is 1.31 bits per heavy atom. The number of nitrogens with one attached hydrogen (secondary N) is 1. The molecule has 1 fully saturated rings. The van der Waals surface area contributed by atoms with Gasteiger partial charge in [0.1, 0.15) is 0 Å². The molecule has 0 unspecified atom stereocenters. The summed E-state index contributed by atoms with van der Waals surface area (Å²) in [7, 11) is -2.99. The summed E-state index contributed by atoms with van der Waals surface area (Å²) in [5.41, 5.74) is 3.15. The Kier molecular flexibility index (Phi) is 5.88. The van der Waals surface area contributed by atoms with Crippen LogP contribution in [0.5, 0.6) is 0 Å². The number of anilines is 1. The van der Waals surface area contributed by atoms with Crippen LogP contribution in [0.25, 0.3) is 0 Å². The second kappa shape index (κ2) is 8.14. The summed E-state index contributed by atoms with van der Waals surface area (Å²) < 4.78 is 23.9. The molecule has 1 saturated heterocycles. The zero-order valence-electron chi connectivity index (χ0n) is 14.8. The zero-order chi connectivity index (χ0) is 18.6. The third kappa shape index (κ3) is 4.80. The highest BCUT2D eigenvalue weighted by atomic mass is 32.2. The fourth-order valence-corrected chi connectivity index (χ4v) is 5.20. The van der Waals surface area contributed by atoms with Gasteiger partial charge in [-0.05, 0) is 54.4 Å². The van der Waals surface area contributed by atoms with Crippen molar-refractivity contribution in [1.29, 1.82) is 0 Å². The first-order valence-electron chi connectivity index (χ1n) is 8.73. The Bertz CT molecular complexity index is 869. The van der Waals surface area contributed by atoms with Crippen LogP contribution in [0.2, 0.25) is 0 Å². The van der Waals surface area contributed by atoms with Crippen molar-refractivity contribution in [2.24, 2.45) is 0 Å². The number of hydrogen-bond acceptors (Lipinski definition) is 4. The summed E-state index contributed by atoms with van der Waals surface area (Å²) in [6, 6.07) is 11.8. The molecule has 0 amide bonds. The molecule has 3 rings (SSSR count).